The van der Waals surface area contributed by atoms with Gasteiger partial charge in [-0.05, 0) is 52.3 Å². The van der Waals surface area contributed by atoms with Crippen molar-refractivity contribution >= 4 is 17.6 Å². The Morgan fingerprint density at radius 1 is 0.828 bits per heavy atom. The molecule has 0 amide bonds. The lowest BCUT2D eigenvalue weighted by molar-refractivity contribution is 0.0602. The molecule has 0 radical (unpaired) electrons. The summed E-state index contributed by atoms with van der Waals surface area (Å²) in [6, 6.07) is 20.9. The van der Waals surface area contributed by atoms with Gasteiger partial charge in [-0.2, -0.15) is 0 Å². The number of esters is 1. The minimum absolute atomic E-state index is 0.0104. The molecule has 146 valence electrons. The number of hydrogen-bond donors (Lipinski definition) is 0. The molecule has 0 heterocycles. The molecule has 0 bridgehead atoms. The number of fused-ring (bicyclic) bond motifs is 5. The number of ether oxygens (including phenoxy) is 1. The minimum Gasteiger partial charge on any atom is -0.465 e. The summed E-state index contributed by atoms with van der Waals surface area (Å²) < 4.78 is 5.07. The molecule has 1 saturated carbocycles. The van der Waals surface area contributed by atoms with Crippen LogP contribution >= 0.6 is 11.6 Å². The van der Waals surface area contributed by atoms with Crippen LogP contribution in [0, 0.1) is 0 Å². The van der Waals surface area contributed by atoms with Crippen molar-refractivity contribution in [1.82, 2.24) is 0 Å². The first-order valence-electron chi connectivity index (χ1n) is 10.3. The summed E-state index contributed by atoms with van der Waals surface area (Å²) in [5.41, 5.74) is 7.83. The average molecular weight is 403 g/mol. The molecule has 29 heavy (non-hydrogen) atoms. The van der Waals surface area contributed by atoms with Gasteiger partial charge in [-0.25, -0.2) is 4.79 Å². The summed E-state index contributed by atoms with van der Waals surface area (Å²) in [5.74, 6) is -0.392. The molecule has 0 atom stereocenters. The molecule has 2 aliphatic rings. The quantitative estimate of drug-likeness (QED) is 0.430. The predicted molar refractivity (Wildman–Crippen MR) is 118 cm³/mol. The first-order chi connectivity index (χ1) is 14.2. The van der Waals surface area contributed by atoms with Gasteiger partial charge in [0.25, 0.3) is 0 Å². The molecule has 5 rings (SSSR count). The highest BCUT2D eigenvalue weighted by Crippen LogP contribution is 2.58. The summed E-state index contributed by atoms with van der Waals surface area (Å²) in [7, 11) is 1.41. The summed E-state index contributed by atoms with van der Waals surface area (Å²) in [6.45, 7) is 0. The van der Waals surface area contributed by atoms with E-state index in [0.717, 1.165) is 24.0 Å². The Kier molecular flexibility index (Phi) is 4.48. The summed E-state index contributed by atoms with van der Waals surface area (Å²) >= 11 is 6.47. The fourth-order valence-electron chi connectivity index (χ4n) is 5.52. The highest BCUT2D eigenvalue weighted by atomic mass is 35.5. The van der Waals surface area contributed by atoms with E-state index in [1.807, 2.05) is 12.1 Å². The number of benzene rings is 3. The van der Waals surface area contributed by atoms with Gasteiger partial charge in [-0.3, -0.25) is 0 Å². The van der Waals surface area contributed by atoms with Crippen LogP contribution in [0.2, 0.25) is 5.02 Å². The van der Waals surface area contributed by atoms with E-state index in [1.54, 1.807) is 6.07 Å². The number of rotatable bonds is 2. The Balaban J connectivity index is 1.83. The van der Waals surface area contributed by atoms with E-state index in [0.29, 0.717) is 10.6 Å². The molecule has 0 N–H and O–H groups in total. The van der Waals surface area contributed by atoms with Gasteiger partial charge < -0.3 is 4.74 Å². The number of carbonyl (C=O) groups is 1. The highest BCUT2D eigenvalue weighted by molar-refractivity contribution is 6.34. The second-order valence-electron chi connectivity index (χ2n) is 8.07. The molecular weight excluding hydrogens is 380 g/mol. The van der Waals surface area contributed by atoms with Crippen LogP contribution in [-0.2, 0) is 10.2 Å². The summed E-state index contributed by atoms with van der Waals surface area (Å²) in [6.07, 6.45) is 6.01. The molecule has 1 spiro atoms. The van der Waals surface area contributed by atoms with Crippen LogP contribution in [0.4, 0.5) is 0 Å². The molecular formula is C26H23ClO2. The lowest BCUT2D eigenvalue weighted by Gasteiger charge is -2.37. The van der Waals surface area contributed by atoms with E-state index in [1.165, 1.54) is 48.6 Å². The first-order valence-corrected chi connectivity index (χ1v) is 10.7. The molecule has 0 unspecified atom stereocenters. The van der Waals surface area contributed by atoms with E-state index < -0.39 is 5.97 Å². The maximum absolute atomic E-state index is 12.6. The van der Waals surface area contributed by atoms with Gasteiger partial charge in [0.2, 0.25) is 0 Å². The van der Waals surface area contributed by atoms with Crippen molar-refractivity contribution in [2.75, 3.05) is 7.11 Å². The molecule has 0 saturated heterocycles. The van der Waals surface area contributed by atoms with Gasteiger partial charge in [0.1, 0.15) is 0 Å². The van der Waals surface area contributed by atoms with E-state index >= 15 is 0 Å². The number of carbonyl (C=O) groups excluding carboxylic acids is 1. The maximum Gasteiger partial charge on any atom is 0.340 e. The molecule has 3 aromatic carbocycles. The van der Waals surface area contributed by atoms with Crippen LogP contribution in [0.5, 0.6) is 0 Å². The second-order valence-corrected chi connectivity index (χ2v) is 8.48. The Labute approximate surface area is 176 Å². The molecule has 2 nitrogen and oxygen atoms in total. The fourth-order valence-corrected chi connectivity index (χ4v) is 5.77. The third kappa shape index (κ3) is 2.66. The van der Waals surface area contributed by atoms with Crippen LogP contribution in [-0.4, -0.2) is 13.1 Å². The maximum atomic E-state index is 12.6. The standard InChI is InChI=1S/C26H23ClO2/c1-29-25(28)23-18(10-8-14-22(23)27)20-12-7-11-19-17-9-3-4-13-21(17)26(24(19)20)15-5-2-6-16-26/h3-4,7-14H,2,5-6,15-16H2,1H3. The molecule has 3 heteroatoms. The van der Waals surface area contributed by atoms with Crippen molar-refractivity contribution in [3.63, 3.8) is 0 Å². The minimum atomic E-state index is -0.392. The van der Waals surface area contributed by atoms with Crippen LogP contribution in [0.25, 0.3) is 22.3 Å². The smallest absolute Gasteiger partial charge is 0.340 e. The van der Waals surface area contributed by atoms with E-state index in [2.05, 4.69) is 42.5 Å². The van der Waals surface area contributed by atoms with Crippen LogP contribution < -0.4 is 0 Å². The zero-order valence-corrected chi connectivity index (χ0v) is 17.3. The normalized spacial score (nSPS) is 16.3. The number of methoxy groups -OCH3 is 1. The van der Waals surface area contributed by atoms with Crippen molar-refractivity contribution in [2.45, 2.75) is 37.5 Å². The topological polar surface area (TPSA) is 26.3 Å². The van der Waals surface area contributed by atoms with Gasteiger partial charge in [0.05, 0.1) is 17.7 Å². The molecule has 2 aliphatic carbocycles. The third-order valence-electron chi connectivity index (χ3n) is 6.68. The summed E-state index contributed by atoms with van der Waals surface area (Å²) in [4.78, 5) is 12.6. The van der Waals surface area contributed by atoms with Crippen LogP contribution in [0.15, 0.2) is 60.7 Å². The third-order valence-corrected chi connectivity index (χ3v) is 6.99. The zero-order valence-electron chi connectivity index (χ0n) is 16.5. The first kappa shape index (κ1) is 18.4. The van der Waals surface area contributed by atoms with Gasteiger partial charge >= 0.3 is 5.97 Å². The molecule has 1 fully saturated rings. The zero-order chi connectivity index (χ0) is 20.0. The van der Waals surface area contributed by atoms with Gasteiger partial charge in [0.15, 0.2) is 0 Å². The van der Waals surface area contributed by atoms with Crippen molar-refractivity contribution in [1.29, 1.82) is 0 Å². The molecule has 0 aromatic heterocycles. The SMILES string of the molecule is COC(=O)c1c(Cl)cccc1-c1cccc2c1C1(CCCCC1)c1ccccc1-2. The largest absolute Gasteiger partial charge is 0.465 e. The van der Waals surface area contributed by atoms with E-state index in [4.69, 9.17) is 16.3 Å². The average Bonchev–Trinajstić information content (AvgIpc) is 3.04. The van der Waals surface area contributed by atoms with Gasteiger partial charge in [0, 0.05) is 5.41 Å². The predicted octanol–water partition coefficient (Wildman–Crippen LogP) is 7.02. The Hall–Kier alpha value is -2.58. The lowest BCUT2D eigenvalue weighted by Crippen LogP contribution is -2.28. The fraction of sp³-hybridized carbons (Fsp3) is 0.269. The highest BCUT2D eigenvalue weighted by Gasteiger charge is 2.45. The Morgan fingerprint density at radius 2 is 1.45 bits per heavy atom. The monoisotopic (exact) mass is 402 g/mol. The van der Waals surface area contributed by atoms with Crippen molar-refractivity contribution < 1.29 is 9.53 Å². The van der Waals surface area contributed by atoms with Crippen molar-refractivity contribution in [3.05, 3.63) is 82.4 Å². The summed E-state index contributed by atoms with van der Waals surface area (Å²) in [5, 5.41) is 0.431. The van der Waals surface area contributed by atoms with Crippen molar-refractivity contribution in [3.8, 4) is 22.3 Å². The van der Waals surface area contributed by atoms with E-state index in [-0.39, 0.29) is 5.41 Å². The van der Waals surface area contributed by atoms with E-state index in [9.17, 15) is 4.79 Å². The number of halogens is 1. The van der Waals surface area contributed by atoms with Crippen LogP contribution in [0.1, 0.15) is 53.6 Å². The van der Waals surface area contributed by atoms with Crippen molar-refractivity contribution in [2.24, 2.45) is 0 Å². The van der Waals surface area contributed by atoms with Gasteiger partial charge in [-0.1, -0.05) is 85.5 Å². The molecule has 0 aliphatic heterocycles. The second kappa shape index (κ2) is 7.03. The number of hydrogen-bond acceptors (Lipinski definition) is 2. The van der Waals surface area contributed by atoms with Gasteiger partial charge in [-0.15, -0.1) is 0 Å². The lowest BCUT2D eigenvalue weighted by atomic mass is 9.66. The Bertz CT molecular complexity index is 1110. The van der Waals surface area contributed by atoms with Crippen LogP contribution in [0.3, 0.4) is 0 Å². The molecule has 3 aromatic rings. The Morgan fingerprint density at radius 3 is 2.21 bits per heavy atom.